The lowest BCUT2D eigenvalue weighted by Gasteiger charge is -2.08. The molecule has 0 unspecified atom stereocenters. The maximum Gasteiger partial charge on any atom is 0.145 e. The van der Waals surface area contributed by atoms with Crippen molar-refractivity contribution in [2.45, 2.75) is 19.8 Å². The minimum atomic E-state index is 0.489. The highest BCUT2D eigenvalue weighted by Gasteiger charge is 2.09. The van der Waals surface area contributed by atoms with Crippen LogP contribution in [-0.4, -0.2) is 17.3 Å². The zero-order valence-electron chi connectivity index (χ0n) is 10.2. The Labute approximate surface area is 101 Å². The smallest absolute Gasteiger partial charge is 0.145 e. The maximum absolute atomic E-state index is 5.62. The predicted octanol–water partition coefficient (Wildman–Crippen LogP) is 2.62. The van der Waals surface area contributed by atoms with E-state index in [9.17, 15) is 0 Å². The van der Waals surface area contributed by atoms with Crippen LogP contribution >= 0.6 is 0 Å². The van der Waals surface area contributed by atoms with Gasteiger partial charge in [-0.15, -0.1) is 0 Å². The van der Waals surface area contributed by atoms with Crippen LogP contribution in [0.2, 0.25) is 0 Å². The van der Waals surface area contributed by atoms with E-state index >= 15 is 0 Å². The quantitative estimate of drug-likeness (QED) is 0.850. The van der Waals surface area contributed by atoms with Crippen LogP contribution in [0.3, 0.4) is 0 Å². The van der Waals surface area contributed by atoms with Gasteiger partial charge < -0.3 is 10.5 Å². The fourth-order valence-corrected chi connectivity index (χ4v) is 1.88. The van der Waals surface area contributed by atoms with Crippen molar-refractivity contribution >= 4 is 5.82 Å². The average Bonchev–Trinajstić information content (AvgIpc) is 2.76. The fraction of sp³-hybridized carbons (Fsp3) is 0.308. The van der Waals surface area contributed by atoms with Gasteiger partial charge in [-0.1, -0.05) is 19.4 Å². The Morgan fingerprint density at radius 1 is 1.35 bits per heavy atom. The molecular weight excluding hydrogens is 214 g/mol. The molecule has 0 radical (unpaired) electrons. The first-order chi connectivity index (χ1) is 8.24. The lowest BCUT2D eigenvalue weighted by atomic mass is 10.0. The number of H-pyrrole nitrogens is 1. The number of nitrogens with two attached hydrogens (primary N) is 1. The molecule has 0 aliphatic rings. The van der Waals surface area contributed by atoms with Gasteiger partial charge in [0.05, 0.1) is 12.8 Å². The van der Waals surface area contributed by atoms with Crippen molar-refractivity contribution in [3.05, 3.63) is 29.8 Å². The number of benzene rings is 1. The monoisotopic (exact) mass is 231 g/mol. The van der Waals surface area contributed by atoms with E-state index in [0.29, 0.717) is 5.82 Å². The Balaban J connectivity index is 2.45. The summed E-state index contributed by atoms with van der Waals surface area (Å²) in [5, 5.41) is 6.85. The van der Waals surface area contributed by atoms with Crippen LogP contribution in [0.15, 0.2) is 24.3 Å². The van der Waals surface area contributed by atoms with Gasteiger partial charge in [-0.25, -0.2) is 0 Å². The molecule has 3 N–H and O–H groups in total. The Hall–Kier alpha value is -1.97. The number of rotatable bonds is 4. The largest absolute Gasteiger partial charge is 0.496 e. The molecule has 2 aromatic rings. The van der Waals surface area contributed by atoms with Crippen molar-refractivity contribution in [3.63, 3.8) is 0 Å². The molecule has 0 bridgehead atoms. The molecule has 0 aliphatic heterocycles. The van der Waals surface area contributed by atoms with Gasteiger partial charge in [-0.3, -0.25) is 5.10 Å². The summed E-state index contributed by atoms with van der Waals surface area (Å²) in [7, 11) is 1.66. The second-order valence-corrected chi connectivity index (χ2v) is 3.99. The van der Waals surface area contributed by atoms with Gasteiger partial charge in [0.25, 0.3) is 0 Å². The molecule has 1 aromatic carbocycles. The highest BCUT2D eigenvalue weighted by Crippen LogP contribution is 2.30. The van der Waals surface area contributed by atoms with Crippen LogP contribution in [0.1, 0.15) is 18.9 Å². The third-order valence-corrected chi connectivity index (χ3v) is 2.69. The van der Waals surface area contributed by atoms with Crippen LogP contribution in [0.4, 0.5) is 5.82 Å². The standard InChI is InChI=1S/C13H17N3O/c1-3-4-9-5-6-12(17-2)10(7-9)11-8-13(14)16-15-11/h5-8H,3-4H2,1-2H3,(H3,14,15,16). The molecular formula is C13H17N3O. The number of nitrogens with zero attached hydrogens (tertiary/aromatic N) is 1. The van der Waals surface area contributed by atoms with E-state index in [2.05, 4.69) is 29.3 Å². The number of methoxy groups -OCH3 is 1. The number of ether oxygens (including phenoxy) is 1. The van der Waals surface area contributed by atoms with Gasteiger partial charge in [-0.2, -0.15) is 5.10 Å². The Kier molecular flexibility index (Phi) is 3.32. The number of aromatic nitrogens is 2. The molecule has 90 valence electrons. The second kappa shape index (κ2) is 4.91. The summed E-state index contributed by atoms with van der Waals surface area (Å²) in [4.78, 5) is 0. The number of aromatic amines is 1. The molecule has 1 aromatic heterocycles. The number of anilines is 1. The molecule has 0 atom stereocenters. The normalized spacial score (nSPS) is 10.5. The molecule has 0 saturated carbocycles. The summed E-state index contributed by atoms with van der Waals surface area (Å²) in [5.41, 5.74) is 8.80. The van der Waals surface area contributed by atoms with E-state index in [0.717, 1.165) is 29.8 Å². The molecule has 1 heterocycles. The molecule has 2 rings (SSSR count). The summed E-state index contributed by atoms with van der Waals surface area (Å²) in [6, 6.07) is 8.01. The lowest BCUT2D eigenvalue weighted by molar-refractivity contribution is 0.416. The Bertz CT molecular complexity index is 505. The van der Waals surface area contributed by atoms with Gasteiger partial charge in [0.1, 0.15) is 11.6 Å². The van der Waals surface area contributed by atoms with E-state index in [-0.39, 0.29) is 0 Å². The molecule has 0 amide bonds. The van der Waals surface area contributed by atoms with Crippen molar-refractivity contribution in [2.75, 3.05) is 12.8 Å². The number of hydrogen-bond donors (Lipinski definition) is 2. The van der Waals surface area contributed by atoms with Crippen LogP contribution in [0, 0.1) is 0 Å². The number of nitrogens with one attached hydrogen (secondary N) is 1. The summed E-state index contributed by atoms with van der Waals surface area (Å²) in [6.45, 7) is 2.16. The van der Waals surface area contributed by atoms with Crippen molar-refractivity contribution < 1.29 is 4.74 Å². The summed E-state index contributed by atoms with van der Waals surface area (Å²) < 4.78 is 5.35. The Morgan fingerprint density at radius 2 is 2.18 bits per heavy atom. The predicted molar refractivity (Wildman–Crippen MR) is 69.0 cm³/mol. The SMILES string of the molecule is CCCc1ccc(OC)c(-c2cc(N)n[nH]2)c1. The number of nitrogen functional groups attached to an aromatic ring is 1. The minimum Gasteiger partial charge on any atom is -0.496 e. The van der Waals surface area contributed by atoms with Gasteiger partial charge in [0, 0.05) is 11.6 Å². The molecule has 0 aliphatic carbocycles. The van der Waals surface area contributed by atoms with Crippen LogP contribution in [-0.2, 0) is 6.42 Å². The van der Waals surface area contributed by atoms with E-state index in [1.54, 1.807) is 7.11 Å². The van der Waals surface area contributed by atoms with E-state index in [4.69, 9.17) is 10.5 Å². The van der Waals surface area contributed by atoms with Gasteiger partial charge in [0.2, 0.25) is 0 Å². The zero-order valence-corrected chi connectivity index (χ0v) is 10.2. The molecule has 0 spiro atoms. The first-order valence-electron chi connectivity index (χ1n) is 5.72. The first kappa shape index (κ1) is 11.5. The number of hydrogen-bond acceptors (Lipinski definition) is 3. The highest BCUT2D eigenvalue weighted by molar-refractivity contribution is 5.69. The van der Waals surface area contributed by atoms with Gasteiger partial charge >= 0.3 is 0 Å². The number of aryl methyl sites for hydroxylation is 1. The summed E-state index contributed by atoms with van der Waals surface area (Å²) in [6.07, 6.45) is 2.18. The minimum absolute atomic E-state index is 0.489. The van der Waals surface area contributed by atoms with E-state index in [1.807, 2.05) is 12.1 Å². The third-order valence-electron chi connectivity index (χ3n) is 2.69. The molecule has 4 heteroatoms. The van der Waals surface area contributed by atoms with E-state index in [1.165, 1.54) is 5.56 Å². The van der Waals surface area contributed by atoms with Crippen molar-refractivity contribution in [1.29, 1.82) is 0 Å². The fourth-order valence-electron chi connectivity index (χ4n) is 1.88. The van der Waals surface area contributed by atoms with Crippen LogP contribution in [0.5, 0.6) is 5.75 Å². The second-order valence-electron chi connectivity index (χ2n) is 3.99. The first-order valence-corrected chi connectivity index (χ1v) is 5.72. The van der Waals surface area contributed by atoms with Crippen molar-refractivity contribution in [3.8, 4) is 17.0 Å². The van der Waals surface area contributed by atoms with Crippen LogP contribution < -0.4 is 10.5 Å². The van der Waals surface area contributed by atoms with Gasteiger partial charge in [0.15, 0.2) is 0 Å². The Morgan fingerprint density at radius 3 is 2.76 bits per heavy atom. The zero-order chi connectivity index (χ0) is 12.3. The summed E-state index contributed by atoms with van der Waals surface area (Å²) >= 11 is 0. The topological polar surface area (TPSA) is 63.9 Å². The highest BCUT2D eigenvalue weighted by atomic mass is 16.5. The third kappa shape index (κ3) is 2.41. The molecule has 17 heavy (non-hydrogen) atoms. The van der Waals surface area contributed by atoms with Crippen molar-refractivity contribution in [1.82, 2.24) is 10.2 Å². The lowest BCUT2D eigenvalue weighted by Crippen LogP contribution is -1.91. The van der Waals surface area contributed by atoms with Gasteiger partial charge in [-0.05, 0) is 24.1 Å². The van der Waals surface area contributed by atoms with Crippen molar-refractivity contribution in [2.24, 2.45) is 0 Å². The van der Waals surface area contributed by atoms with Crippen LogP contribution in [0.25, 0.3) is 11.3 Å². The molecule has 4 nitrogen and oxygen atoms in total. The summed E-state index contributed by atoms with van der Waals surface area (Å²) in [5.74, 6) is 1.32. The maximum atomic E-state index is 5.62. The average molecular weight is 231 g/mol. The molecule has 0 saturated heterocycles. The van der Waals surface area contributed by atoms with E-state index < -0.39 is 0 Å². The molecule has 0 fully saturated rings.